The van der Waals surface area contributed by atoms with Crippen LogP contribution in [0.15, 0.2) is 0 Å². The van der Waals surface area contributed by atoms with E-state index in [1.54, 1.807) is 0 Å². The third-order valence-corrected chi connectivity index (χ3v) is 1.27. The first-order valence-electron chi connectivity index (χ1n) is 3.04. The van der Waals surface area contributed by atoms with E-state index in [0.29, 0.717) is 0 Å². The maximum atomic E-state index is 10.4. The molecule has 0 amide bonds. The molecule has 1 heteroatoms. The van der Waals surface area contributed by atoms with Crippen LogP contribution in [0.3, 0.4) is 0 Å². The fraction of sp³-hybridized carbons (Fsp3) is 0.714. The van der Waals surface area contributed by atoms with Gasteiger partial charge in [0.2, 0.25) is 0 Å². The smallest absolute Gasteiger partial charge is 0.136 e. The summed E-state index contributed by atoms with van der Waals surface area (Å²) in [6, 6.07) is 0. The van der Waals surface area contributed by atoms with Crippen LogP contribution in [0, 0.1) is 12.8 Å². The Hall–Kier alpha value is -0.330. The molecule has 0 spiro atoms. The van der Waals surface area contributed by atoms with Gasteiger partial charge in [0.25, 0.3) is 0 Å². The summed E-state index contributed by atoms with van der Waals surface area (Å²) < 4.78 is 0. The van der Waals surface area contributed by atoms with Gasteiger partial charge < -0.3 is 0 Å². The fourth-order valence-electron chi connectivity index (χ4n) is 0.594. The van der Waals surface area contributed by atoms with Crippen molar-refractivity contribution in [3.63, 3.8) is 0 Å². The van der Waals surface area contributed by atoms with Crippen molar-refractivity contribution in [1.29, 1.82) is 0 Å². The number of hydrogen-bond acceptors (Lipinski definition) is 1. The Bertz CT molecular complexity index is 76.5. The second-order valence-electron chi connectivity index (χ2n) is 2.16. The predicted molar refractivity (Wildman–Crippen MR) is 34.4 cm³/mol. The van der Waals surface area contributed by atoms with E-state index < -0.39 is 0 Å². The van der Waals surface area contributed by atoms with Crippen LogP contribution in [0.2, 0.25) is 0 Å². The number of ketones is 1. The zero-order valence-electron chi connectivity index (χ0n) is 5.61. The molecule has 0 aliphatic heterocycles. The highest BCUT2D eigenvalue weighted by Crippen LogP contribution is 2.04. The zero-order valence-corrected chi connectivity index (χ0v) is 5.61. The first kappa shape index (κ1) is 7.67. The quantitative estimate of drug-likeness (QED) is 0.545. The molecule has 0 heterocycles. The van der Waals surface area contributed by atoms with Crippen LogP contribution in [0.1, 0.15) is 26.7 Å². The van der Waals surface area contributed by atoms with Gasteiger partial charge in [-0.15, -0.1) is 0 Å². The van der Waals surface area contributed by atoms with Gasteiger partial charge in [0.05, 0.1) is 0 Å². The van der Waals surface area contributed by atoms with Crippen LogP contribution in [-0.4, -0.2) is 5.78 Å². The average molecular weight is 113 g/mol. The maximum absolute atomic E-state index is 10.4. The van der Waals surface area contributed by atoms with Crippen molar-refractivity contribution >= 4 is 5.78 Å². The first-order chi connectivity index (χ1) is 3.68. The van der Waals surface area contributed by atoms with E-state index in [0.717, 1.165) is 12.8 Å². The molecular formula is C7H13O. The molecule has 0 saturated carbocycles. The van der Waals surface area contributed by atoms with E-state index >= 15 is 0 Å². The molecule has 0 aliphatic carbocycles. The van der Waals surface area contributed by atoms with Crippen molar-refractivity contribution in [3.8, 4) is 0 Å². The normalized spacial score (nSPS) is 13.4. The first-order valence-corrected chi connectivity index (χ1v) is 3.04. The molecule has 1 unspecified atom stereocenters. The fourth-order valence-corrected chi connectivity index (χ4v) is 0.594. The molecule has 1 atom stereocenters. The molecule has 0 aromatic carbocycles. The lowest BCUT2D eigenvalue weighted by molar-refractivity contribution is -0.118. The summed E-state index contributed by atoms with van der Waals surface area (Å²) in [4.78, 5) is 10.4. The lowest BCUT2D eigenvalue weighted by Crippen LogP contribution is -2.04. The molecule has 0 bridgehead atoms. The van der Waals surface area contributed by atoms with Crippen molar-refractivity contribution in [3.05, 3.63) is 6.92 Å². The van der Waals surface area contributed by atoms with Crippen LogP contribution in [-0.2, 0) is 4.79 Å². The molecule has 0 N–H and O–H groups in total. The van der Waals surface area contributed by atoms with E-state index in [1.165, 1.54) is 0 Å². The third kappa shape index (κ3) is 2.78. The molecule has 0 rings (SSSR count). The molecule has 1 radical (unpaired) electrons. The summed E-state index contributed by atoms with van der Waals surface area (Å²) in [6.45, 7) is 7.30. The number of carbonyl (C=O) groups excluding carboxylic acids is 1. The molecule has 1 nitrogen and oxygen atoms in total. The van der Waals surface area contributed by atoms with Crippen molar-refractivity contribution in [2.75, 3.05) is 0 Å². The molecule has 0 saturated heterocycles. The van der Waals surface area contributed by atoms with Crippen LogP contribution >= 0.6 is 0 Å². The molecule has 0 aromatic heterocycles. The monoisotopic (exact) mass is 113 g/mol. The topological polar surface area (TPSA) is 17.1 Å². The van der Waals surface area contributed by atoms with Gasteiger partial charge >= 0.3 is 0 Å². The van der Waals surface area contributed by atoms with Crippen molar-refractivity contribution in [2.45, 2.75) is 26.7 Å². The van der Waals surface area contributed by atoms with Crippen LogP contribution < -0.4 is 0 Å². The second kappa shape index (κ2) is 3.65. The summed E-state index contributed by atoms with van der Waals surface area (Å²) >= 11 is 0. The van der Waals surface area contributed by atoms with Gasteiger partial charge in [-0.1, -0.05) is 20.3 Å². The Balaban J connectivity index is 3.32. The average Bonchev–Trinajstić information content (AvgIpc) is 1.67. The molecule has 47 valence electrons. The van der Waals surface area contributed by atoms with E-state index in [-0.39, 0.29) is 11.7 Å². The standard InChI is InChI=1S/C7H13O/c1-4-5-6(2)7(3)8/h6H,3-5H2,1-2H3. The van der Waals surface area contributed by atoms with Crippen LogP contribution in [0.4, 0.5) is 0 Å². The van der Waals surface area contributed by atoms with E-state index in [2.05, 4.69) is 13.8 Å². The van der Waals surface area contributed by atoms with E-state index in [1.807, 2.05) is 6.92 Å². The SMILES string of the molecule is [CH2]C(=O)C(C)CCC. The predicted octanol–water partition coefficient (Wildman–Crippen LogP) is 1.83. The Morgan fingerprint density at radius 1 is 1.75 bits per heavy atom. The second-order valence-corrected chi connectivity index (χ2v) is 2.16. The summed E-state index contributed by atoms with van der Waals surface area (Å²) in [5, 5.41) is 0. The largest absolute Gasteiger partial charge is 0.299 e. The lowest BCUT2D eigenvalue weighted by atomic mass is 10.0. The van der Waals surface area contributed by atoms with Gasteiger partial charge in [0.1, 0.15) is 5.78 Å². The lowest BCUT2D eigenvalue weighted by Gasteiger charge is -2.01. The Labute approximate surface area is 51.1 Å². The highest BCUT2D eigenvalue weighted by molar-refractivity contribution is 5.84. The van der Waals surface area contributed by atoms with Crippen molar-refractivity contribution < 1.29 is 4.79 Å². The minimum Gasteiger partial charge on any atom is -0.299 e. The molecule has 0 aliphatic rings. The summed E-state index contributed by atoms with van der Waals surface area (Å²) in [5.41, 5.74) is 0. The van der Waals surface area contributed by atoms with Crippen molar-refractivity contribution in [2.24, 2.45) is 5.92 Å². The zero-order chi connectivity index (χ0) is 6.57. The highest BCUT2D eigenvalue weighted by Gasteiger charge is 2.03. The summed E-state index contributed by atoms with van der Waals surface area (Å²) in [5.74, 6) is 0.229. The minimum absolute atomic E-state index is 0.0619. The molecular weight excluding hydrogens is 100 g/mol. The van der Waals surface area contributed by atoms with Crippen LogP contribution in [0.25, 0.3) is 0 Å². The summed E-state index contributed by atoms with van der Waals surface area (Å²) in [7, 11) is 0. The van der Waals surface area contributed by atoms with Gasteiger partial charge in [-0.2, -0.15) is 0 Å². The maximum Gasteiger partial charge on any atom is 0.136 e. The van der Waals surface area contributed by atoms with Gasteiger partial charge in [-0.3, -0.25) is 4.79 Å². The van der Waals surface area contributed by atoms with Gasteiger partial charge in [0.15, 0.2) is 0 Å². The molecule has 0 fully saturated rings. The number of rotatable bonds is 3. The molecule has 8 heavy (non-hydrogen) atoms. The van der Waals surface area contributed by atoms with E-state index in [4.69, 9.17) is 0 Å². The Kier molecular flexibility index (Phi) is 3.49. The van der Waals surface area contributed by atoms with Gasteiger partial charge in [-0.25, -0.2) is 0 Å². The minimum atomic E-state index is 0.0619. The number of Topliss-reactive ketones (excluding diaryl/α,β-unsaturated/α-hetero) is 1. The van der Waals surface area contributed by atoms with Gasteiger partial charge in [0, 0.05) is 12.8 Å². The Morgan fingerprint density at radius 3 is 2.38 bits per heavy atom. The van der Waals surface area contributed by atoms with Gasteiger partial charge in [-0.05, 0) is 6.42 Å². The summed E-state index contributed by atoms with van der Waals surface area (Å²) in [6.07, 6.45) is 2.05. The third-order valence-electron chi connectivity index (χ3n) is 1.27. The Morgan fingerprint density at radius 2 is 2.25 bits per heavy atom. The van der Waals surface area contributed by atoms with Crippen molar-refractivity contribution in [1.82, 2.24) is 0 Å². The van der Waals surface area contributed by atoms with Crippen LogP contribution in [0.5, 0.6) is 0 Å². The number of hydrogen-bond donors (Lipinski definition) is 0. The van der Waals surface area contributed by atoms with E-state index in [9.17, 15) is 4.79 Å². The number of carbonyl (C=O) groups is 1. The molecule has 0 aromatic rings. The highest BCUT2D eigenvalue weighted by atomic mass is 16.1.